The fourth-order valence-electron chi connectivity index (χ4n) is 4.23. The van der Waals surface area contributed by atoms with E-state index in [9.17, 15) is 19.5 Å². The van der Waals surface area contributed by atoms with E-state index in [1.807, 2.05) is 0 Å². The minimum atomic E-state index is -1.02. The maximum atomic E-state index is 13.6. The second-order valence-corrected chi connectivity index (χ2v) is 8.21. The molecule has 0 saturated heterocycles. The number of rotatable bonds is 8. The van der Waals surface area contributed by atoms with E-state index < -0.39 is 23.0 Å². The minimum Gasteiger partial charge on any atom is -0.507 e. The highest BCUT2D eigenvalue weighted by Gasteiger charge is 2.29. The maximum Gasteiger partial charge on any atom is 0.306 e. The summed E-state index contributed by atoms with van der Waals surface area (Å²) in [6.07, 6.45) is 3.44. The Balaban J connectivity index is 1.86. The molecule has 3 N–H and O–H groups in total. The largest absolute Gasteiger partial charge is 0.507 e. The lowest BCUT2D eigenvalue weighted by Crippen LogP contribution is -2.31. The lowest BCUT2D eigenvalue weighted by Gasteiger charge is -2.20. The Morgan fingerprint density at radius 3 is 2.69 bits per heavy atom. The second kappa shape index (κ2) is 9.88. The molecule has 4 rings (SSSR count). The third-order valence-electron chi connectivity index (χ3n) is 6.09. The topological polar surface area (TPSA) is 139 Å². The number of carbonyl (C=O) groups excluding carboxylic acids is 1. The second-order valence-electron chi connectivity index (χ2n) is 8.21. The third-order valence-corrected chi connectivity index (χ3v) is 6.09. The summed E-state index contributed by atoms with van der Waals surface area (Å²) in [5.41, 5.74) is 1.10. The maximum absolute atomic E-state index is 13.6. The first kappa shape index (κ1) is 23.8. The number of imidazole rings is 1. The van der Waals surface area contributed by atoms with Gasteiger partial charge in [0.05, 0.1) is 38.0 Å². The number of pyridine rings is 2. The van der Waals surface area contributed by atoms with Crippen LogP contribution >= 0.6 is 0 Å². The number of H-pyrrole nitrogens is 2. The summed E-state index contributed by atoms with van der Waals surface area (Å²) in [5, 5.41) is 11.5. The molecule has 1 atom stereocenters. The highest BCUT2D eigenvalue weighted by atomic mass is 16.5. The van der Waals surface area contributed by atoms with Crippen molar-refractivity contribution in [3.63, 3.8) is 0 Å². The molecular formula is C25H26N4O6. The highest BCUT2D eigenvalue weighted by Crippen LogP contribution is 2.32. The summed E-state index contributed by atoms with van der Waals surface area (Å²) in [5.74, 6) is -1.35. The van der Waals surface area contributed by atoms with Gasteiger partial charge in [0.2, 0.25) is 0 Å². The van der Waals surface area contributed by atoms with Crippen molar-refractivity contribution in [1.82, 2.24) is 19.5 Å². The summed E-state index contributed by atoms with van der Waals surface area (Å²) in [7, 11) is 2.76. The number of benzene rings is 1. The average molecular weight is 479 g/mol. The van der Waals surface area contributed by atoms with Gasteiger partial charge < -0.3 is 29.1 Å². The SMILES string of the molecule is COC(=O)C[C@H](c1cc2ccc(OC)cc2[nH]c1=O)c1c(O)cc(C)n(CCc2cnc[nH]2)c1=O. The molecule has 3 aromatic heterocycles. The standard InChI is InChI=1S/C25H26N4O6/c1-14-8-21(30)23(25(33)29(14)7-6-16-12-26-13-27-16)18(11-22(31)35-3)19-9-15-4-5-17(34-2)10-20(15)28-24(19)32/h4-5,8-10,12-13,18,30H,6-7,11H2,1-3H3,(H,26,27)(H,28,32)/t18-/m1/s1. The van der Waals surface area contributed by atoms with E-state index in [0.29, 0.717) is 35.3 Å². The van der Waals surface area contributed by atoms with Crippen molar-refractivity contribution in [1.29, 1.82) is 0 Å². The number of aromatic amines is 2. The Kier molecular flexibility index (Phi) is 6.72. The zero-order valence-electron chi connectivity index (χ0n) is 19.6. The smallest absolute Gasteiger partial charge is 0.306 e. The molecule has 35 heavy (non-hydrogen) atoms. The molecule has 0 fully saturated rings. The number of aromatic hydroxyl groups is 1. The lowest BCUT2D eigenvalue weighted by molar-refractivity contribution is -0.140. The number of carbonyl (C=O) groups is 1. The molecule has 0 radical (unpaired) electrons. The molecule has 0 spiro atoms. The van der Waals surface area contributed by atoms with Crippen LogP contribution in [0.5, 0.6) is 11.5 Å². The van der Waals surface area contributed by atoms with Gasteiger partial charge in [-0.1, -0.05) is 0 Å². The lowest BCUT2D eigenvalue weighted by atomic mass is 9.88. The van der Waals surface area contributed by atoms with E-state index in [4.69, 9.17) is 9.47 Å². The zero-order chi connectivity index (χ0) is 25.1. The van der Waals surface area contributed by atoms with Crippen molar-refractivity contribution >= 4 is 16.9 Å². The first-order valence-corrected chi connectivity index (χ1v) is 11.0. The van der Waals surface area contributed by atoms with Gasteiger partial charge in [0.1, 0.15) is 11.5 Å². The van der Waals surface area contributed by atoms with Crippen molar-refractivity contribution in [2.24, 2.45) is 0 Å². The van der Waals surface area contributed by atoms with Crippen LogP contribution in [0.4, 0.5) is 0 Å². The van der Waals surface area contributed by atoms with Crippen LogP contribution < -0.4 is 15.9 Å². The molecule has 182 valence electrons. The number of hydrogen-bond acceptors (Lipinski definition) is 7. The Hall–Kier alpha value is -4.34. The Bertz CT molecular complexity index is 1490. The summed E-state index contributed by atoms with van der Waals surface area (Å²) < 4.78 is 11.6. The number of ether oxygens (including phenoxy) is 2. The van der Waals surface area contributed by atoms with Crippen LogP contribution in [0.15, 0.2) is 52.4 Å². The van der Waals surface area contributed by atoms with Crippen molar-refractivity contribution in [3.8, 4) is 11.5 Å². The van der Waals surface area contributed by atoms with Crippen LogP contribution in [-0.2, 0) is 22.5 Å². The number of aryl methyl sites for hydroxylation is 2. The van der Waals surface area contributed by atoms with Crippen LogP contribution in [0.25, 0.3) is 10.9 Å². The van der Waals surface area contributed by atoms with E-state index in [1.165, 1.54) is 24.9 Å². The van der Waals surface area contributed by atoms with Gasteiger partial charge in [-0.05, 0) is 36.6 Å². The fraction of sp³-hybridized carbons (Fsp3) is 0.280. The van der Waals surface area contributed by atoms with E-state index in [0.717, 1.165) is 5.69 Å². The van der Waals surface area contributed by atoms with Gasteiger partial charge in [0.15, 0.2) is 0 Å². The molecule has 0 aliphatic rings. The number of fused-ring (bicyclic) bond motifs is 1. The molecule has 0 aliphatic carbocycles. The Morgan fingerprint density at radius 2 is 2.00 bits per heavy atom. The number of hydrogen-bond donors (Lipinski definition) is 3. The number of nitrogens with zero attached hydrogens (tertiary/aromatic N) is 2. The van der Waals surface area contributed by atoms with E-state index in [2.05, 4.69) is 15.0 Å². The van der Waals surface area contributed by atoms with Crippen molar-refractivity contribution in [2.75, 3.05) is 14.2 Å². The quantitative estimate of drug-likeness (QED) is 0.330. The van der Waals surface area contributed by atoms with E-state index in [1.54, 1.807) is 43.7 Å². The van der Waals surface area contributed by atoms with E-state index in [-0.39, 0.29) is 23.3 Å². The molecule has 0 saturated carbocycles. The van der Waals surface area contributed by atoms with Gasteiger partial charge in [-0.15, -0.1) is 0 Å². The molecular weight excluding hydrogens is 452 g/mol. The van der Waals surface area contributed by atoms with Gasteiger partial charge in [-0.25, -0.2) is 4.98 Å². The Labute approximate surface area is 200 Å². The summed E-state index contributed by atoms with van der Waals surface area (Å²) in [4.78, 5) is 48.8. The molecule has 3 heterocycles. The van der Waals surface area contributed by atoms with E-state index >= 15 is 0 Å². The first-order valence-electron chi connectivity index (χ1n) is 11.0. The predicted molar refractivity (Wildman–Crippen MR) is 129 cm³/mol. The third kappa shape index (κ3) is 4.81. The number of methoxy groups -OCH3 is 2. The first-order chi connectivity index (χ1) is 16.8. The number of esters is 1. The molecule has 0 amide bonds. The van der Waals surface area contributed by atoms with Crippen LogP contribution in [0.1, 0.15) is 34.9 Å². The summed E-state index contributed by atoms with van der Waals surface area (Å²) in [6.45, 7) is 2.03. The van der Waals surface area contributed by atoms with Gasteiger partial charge >= 0.3 is 5.97 Å². The average Bonchev–Trinajstić information content (AvgIpc) is 3.35. The number of nitrogens with one attached hydrogen (secondary N) is 2. The monoisotopic (exact) mass is 478 g/mol. The van der Waals surface area contributed by atoms with Gasteiger partial charge in [-0.3, -0.25) is 14.4 Å². The zero-order valence-corrected chi connectivity index (χ0v) is 19.6. The normalized spacial score (nSPS) is 12.0. The molecule has 0 bridgehead atoms. The Morgan fingerprint density at radius 1 is 1.20 bits per heavy atom. The highest BCUT2D eigenvalue weighted by molar-refractivity contribution is 5.81. The van der Waals surface area contributed by atoms with Crippen molar-refractivity contribution in [2.45, 2.75) is 32.2 Å². The molecule has 0 unspecified atom stereocenters. The number of aromatic nitrogens is 4. The molecule has 10 nitrogen and oxygen atoms in total. The molecule has 1 aromatic carbocycles. The van der Waals surface area contributed by atoms with Crippen molar-refractivity contribution in [3.05, 3.63) is 86.1 Å². The minimum absolute atomic E-state index is 0.0380. The van der Waals surface area contributed by atoms with Crippen LogP contribution in [-0.4, -0.2) is 44.8 Å². The van der Waals surface area contributed by atoms with Crippen molar-refractivity contribution < 1.29 is 19.4 Å². The van der Waals surface area contributed by atoms with Gasteiger partial charge in [0, 0.05) is 48.1 Å². The predicted octanol–water partition coefficient (Wildman–Crippen LogP) is 2.37. The van der Waals surface area contributed by atoms with Gasteiger partial charge in [-0.2, -0.15) is 0 Å². The summed E-state index contributed by atoms with van der Waals surface area (Å²) >= 11 is 0. The van der Waals surface area contributed by atoms with Crippen LogP contribution in [0, 0.1) is 6.92 Å². The van der Waals surface area contributed by atoms with Crippen LogP contribution in [0.2, 0.25) is 0 Å². The molecule has 10 heteroatoms. The molecule has 0 aliphatic heterocycles. The van der Waals surface area contributed by atoms with Gasteiger partial charge in [0.25, 0.3) is 11.1 Å². The fourth-order valence-corrected chi connectivity index (χ4v) is 4.23. The summed E-state index contributed by atoms with van der Waals surface area (Å²) in [6, 6.07) is 8.27. The van der Waals surface area contributed by atoms with Crippen LogP contribution in [0.3, 0.4) is 0 Å². The molecule has 4 aromatic rings.